The summed E-state index contributed by atoms with van der Waals surface area (Å²) in [5.41, 5.74) is 0. The number of Topliss-reactive ketones (excluding diaryl/α,β-unsaturated/α-hetero) is 1. The van der Waals surface area contributed by atoms with E-state index in [1.165, 1.54) is 0 Å². The first-order valence-electron chi connectivity index (χ1n) is 3.39. The lowest BCUT2D eigenvalue weighted by molar-refractivity contribution is -0.165. The maximum absolute atomic E-state index is 10.8. The van der Waals surface area contributed by atoms with Crippen LogP contribution in [0.3, 0.4) is 0 Å². The molecule has 0 saturated carbocycles. The van der Waals surface area contributed by atoms with Crippen molar-refractivity contribution in [2.24, 2.45) is 0 Å². The standard InChI is InChI=1S/C5H10ClNO6P/c6-1-5(9)7(10)2-4(8)3-14(11,12)13/h10-13H,1-3H2/q+1. The average molecular weight is 247 g/mol. The number of nitrogens with zero attached hydrogens (tertiary/aromatic N) is 1. The Bertz CT molecular complexity index is 229. The highest BCUT2D eigenvalue weighted by atomic mass is 35.5. The molecule has 0 rings (SSSR count). The summed E-state index contributed by atoms with van der Waals surface area (Å²) in [5, 5.41) is 8.88. The van der Waals surface area contributed by atoms with E-state index in [1.807, 2.05) is 0 Å². The van der Waals surface area contributed by atoms with E-state index in [-0.39, 0.29) is 5.06 Å². The van der Waals surface area contributed by atoms with E-state index in [0.717, 1.165) is 0 Å². The monoisotopic (exact) mass is 246 g/mol. The molecular formula is C5H10ClNO6P+. The zero-order chi connectivity index (χ0) is 11.4. The Kier molecular flexibility index (Phi) is 5.43. The molecule has 9 heteroatoms. The first-order valence-corrected chi connectivity index (χ1v) is 5.76. The SMILES string of the molecule is O=C(CN(O)C(=O)CCl)C[P+](O)(O)O. The van der Waals surface area contributed by atoms with E-state index in [4.69, 9.17) is 31.5 Å². The van der Waals surface area contributed by atoms with Crippen molar-refractivity contribution in [3.63, 3.8) is 0 Å². The van der Waals surface area contributed by atoms with Gasteiger partial charge in [-0.05, 0) is 0 Å². The van der Waals surface area contributed by atoms with Crippen molar-refractivity contribution in [1.82, 2.24) is 5.06 Å². The van der Waals surface area contributed by atoms with Gasteiger partial charge in [-0.1, -0.05) is 0 Å². The van der Waals surface area contributed by atoms with Crippen LogP contribution in [0.5, 0.6) is 0 Å². The van der Waals surface area contributed by atoms with Crippen molar-refractivity contribution in [3.05, 3.63) is 0 Å². The van der Waals surface area contributed by atoms with Gasteiger partial charge in [-0.2, -0.15) is 14.7 Å². The van der Waals surface area contributed by atoms with Crippen molar-refractivity contribution < 1.29 is 29.5 Å². The average Bonchev–Trinajstić information content (AvgIpc) is 1.99. The third-order valence-corrected chi connectivity index (χ3v) is 2.12. The highest BCUT2D eigenvalue weighted by Gasteiger charge is 2.34. The first kappa shape index (κ1) is 13.7. The molecule has 0 bridgehead atoms. The molecule has 0 aliphatic rings. The molecule has 0 heterocycles. The Balaban J connectivity index is 4.01. The van der Waals surface area contributed by atoms with Gasteiger partial charge in [0.2, 0.25) is 0 Å². The zero-order valence-corrected chi connectivity index (χ0v) is 8.65. The van der Waals surface area contributed by atoms with Crippen LogP contribution in [0.1, 0.15) is 0 Å². The van der Waals surface area contributed by atoms with Gasteiger partial charge in [0.1, 0.15) is 12.4 Å². The van der Waals surface area contributed by atoms with Gasteiger partial charge in [-0.3, -0.25) is 14.8 Å². The fourth-order valence-corrected chi connectivity index (χ4v) is 1.32. The predicted molar refractivity (Wildman–Crippen MR) is 47.7 cm³/mol. The maximum Gasteiger partial charge on any atom is 0.411 e. The van der Waals surface area contributed by atoms with Gasteiger partial charge >= 0.3 is 7.94 Å². The molecule has 0 saturated heterocycles. The van der Waals surface area contributed by atoms with Crippen LogP contribution in [-0.2, 0) is 9.59 Å². The number of amides is 1. The Morgan fingerprint density at radius 2 is 1.79 bits per heavy atom. The molecule has 0 radical (unpaired) electrons. The molecule has 82 valence electrons. The summed E-state index contributed by atoms with van der Waals surface area (Å²) in [6.07, 6.45) is -0.903. The Morgan fingerprint density at radius 3 is 2.14 bits per heavy atom. The number of carbonyl (C=O) groups is 2. The van der Waals surface area contributed by atoms with Crippen molar-refractivity contribution in [1.29, 1.82) is 0 Å². The van der Waals surface area contributed by atoms with Crippen LogP contribution in [0.4, 0.5) is 0 Å². The van der Waals surface area contributed by atoms with Crippen molar-refractivity contribution in [2.75, 3.05) is 18.6 Å². The Morgan fingerprint density at radius 1 is 1.29 bits per heavy atom. The molecule has 0 atom stereocenters. The van der Waals surface area contributed by atoms with Gasteiger partial charge in [-0.15, -0.1) is 11.6 Å². The fraction of sp³-hybridized carbons (Fsp3) is 0.600. The summed E-state index contributed by atoms with van der Waals surface area (Å²) < 4.78 is 0. The lowest BCUT2D eigenvalue weighted by atomic mass is 10.4. The molecule has 0 fully saturated rings. The van der Waals surface area contributed by atoms with Crippen LogP contribution in [0.15, 0.2) is 0 Å². The second-order valence-corrected chi connectivity index (χ2v) is 4.44. The van der Waals surface area contributed by atoms with Crippen LogP contribution < -0.4 is 0 Å². The number of carbonyl (C=O) groups excluding carboxylic acids is 2. The molecule has 14 heavy (non-hydrogen) atoms. The molecule has 0 aliphatic carbocycles. The van der Waals surface area contributed by atoms with Crippen molar-refractivity contribution in [2.45, 2.75) is 0 Å². The minimum Gasteiger partial charge on any atom is -0.293 e. The Labute approximate surface area is 85.1 Å². The van der Waals surface area contributed by atoms with Crippen LogP contribution in [0.25, 0.3) is 0 Å². The summed E-state index contributed by atoms with van der Waals surface area (Å²) in [5.74, 6) is -2.27. The van der Waals surface area contributed by atoms with Crippen LogP contribution in [0, 0.1) is 0 Å². The molecule has 0 aromatic carbocycles. The van der Waals surface area contributed by atoms with Crippen molar-refractivity contribution in [3.8, 4) is 0 Å². The van der Waals surface area contributed by atoms with Crippen LogP contribution >= 0.6 is 19.5 Å². The highest BCUT2D eigenvalue weighted by Crippen LogP contribution is 2.43. The first-order chi connectivity index (χ1) is 6.26. The van der Waals surface area contributed by atoms with Gasteiger partial charge in [0, 0.05) is 0 Å². The number of ketones is 1. The number of halogens is 1. The molecule has 0 spiro atoms. The number of alkyl halides is 1. The fourth-order valence-electron chi connectivity index (χ4n) is 0.611. The van der Waals surface area contributed by atoms with Gasteiger partial charge in [0.25, 0.3) is 5.91 Å². The quantitative estimate of drug-likeness (QED) is 0.208. The lowest BCUT2D eigenvalue weighted by Crippen LogP contribution is -2.34. The number of hydroxylamine groups is 2. The highest BCUT2D eigenvalue weighted by molar-refractivity contribution is 7.59. The minimum atomic E-state index is -4.20. The topological polar surface area (TPSA) is 118 Å². The molecule has 7 nitrogen and oxygen atoms in total. The molecule has 0 aliphatic heterocycles. The van der Waals surface area contributed by atoms with Crippen molar-refractivity contribution >= 4 is 31.2 Å². The van der Waals surface area contributed by atoms with Gasteiger partial charge < -0.3 is 0 Å². The van der Waals surface area contributed by atoms with Gasteiger partial charge in [0.15, 0.2) is 11.9 Å². The van der Waals surface area contributed by atoms with E-state index < -0.39 is 38.2 Å². The zero-order valence-electron chi connectivity index (χ0n) is 7.00. The smallest absolute Gasteiger partial charge is 0.293 e. The molecule has 0 unspecified atom stereocenters. The largest absolute Gasteiger partial charge is 0.411 e. The second kappa shape index (κ2) is 5.55. The summed E-state index contributed by atoms with van der Waals surface area (Å²) in [4.78, 5) is 46.9. The summed E-state index contributed by atoms with van der Waals surface area (Å²) in [7, 11) is -4.20. The second-order valence-electron chi connectivity index (χ2n) is 2.47. The van der Waals surface area contributed by atoms with Gasteiger partial charge in [-0.25, -0.2) is 5.06 Å². The number of rotatable bonds is 5. The molecule has 4 N–H and O–H groups in total. The molecule has 0 aromatic rings. The van der Waals surface area contributed by atoms with E-state index in [0.29, 0.717) is 0 Å². The predicted octanol–water partition coefficient (Wildman–Crippen LogP) is -1.25. The third-order valence-electron chi connectivity index (χ3n) is 1.12. The lowest BCUT2D eigenvalue weighted by Gasteiger charge is -2.11. The van der Waals surface area contributed by atoms with E-state index >= 15 is 0 Å². The number of hydrogen-bond donors (Lipinski definition) is 4. The summed E-state index contributed by atoms with van der Waals surface area (Å²) >= 11 is 5.06. The van der Waals surface area contributed by atoms with E-state index in [9.17, 15) is 9.59 Å². The van der Waals surface area contributed by atoms with E-state index in [2.05, 4.69) is 0 Å². The minimum absolute atomic E-state index is 0.0466. The van der Waals surface area contributed by atoms with Crippen LogP contribution in [-0.4, -0.2) is 55.2 Å². The molecular weight excluding hydrogens is 236 g/mol. The maximum atomic E-state index is 10.8. The van der Waals surface area contributed by atoms with E-state index in [1.54, 1.807) is 0 Å². The normalized spacial score (nSPS) is 11.2. The Hall–Kier alpha value is -0.300. The third kappa shape index (κ3) is 6.20. The molecule has 0 aromatic heterocycles. The number of hydrogen-bond acceptors (Lipinski definition) is 6. The van der Waals surface area contributed by atoms with Crippen LogP contribution in [0.2, 0.25) is 0 Å². The summed E-state index contributed by atoms with van der Waals surface area (Å²) in [6, 6.07) is 0. The van der Waals surface area contributed by atoms with Gasteiger partial charge in [0.05, 0.1) is 0 Å². The molecule has 1 amide bonds. The summed E-state index contributed by atoms with van der Waals surface area (Å²) in [6.45, 7) is -0.741.